The number of fused-ring (bicyclic) bond motifs is 2. The van der Waals surface area contributed by atoms with Crippen LogP contribution in [0.2, 0.25) is 0 Å². The van der Waals surface area contributed by atoms with Gasteiger partial charge in [-0.05, 0) is 36.4 Å². The number of hydrogen-bond acceptors (Lipinski definition) is 8. The maximum absolute atomic E-state index is 6.86. The van der Waals surface area contributed by atoms with Crippen molar-refractivity contribution >= 4 is 34.5 Å². The largest absolute Gasteiger partial charge is 0.410 e. The zero-order valence-electron chi connectivity index (χ0n) is 18.5. The van der Waals surface area contributed by atoms with E-state index in [-0.39, 0.29) is 0 Å². The van der Waals surface area contributed by atoms with Gasteiger partial charge in [0.2, 0.25) is 5.82 Å². The zero-order chi connectivity index (χ0) is 23.2. The van der Waals surface area contributed by atoms with Crippen molar-refractivity contribution in [3.05, 3.63) is 116 Å². The molecule has 8 heteroatoms. The first-order valence-electron chi connectivity index (χ1n) is 11.2. The highest BCUT2D eigenvalue weighted by Gasteiger charge is 2.65. The lowest BCUT2D eigenvalue weighted by Crippen LogP contribution is -2.65. The smallest absolute Gasteiger partial charge is 0.372 e. The molecular formula is C27H19N7O. The molecule has 0 amide bonds. The van der Waals surface area contributed by atoms with E-state index in [0.717, 1.165) is 17.1 Å². The minimum atomic E-state index is -1.28. The fourth-order valence-corrected chi connectivity index (χ4v) is 4.77. The van der Waals surface area contributed by atoms with E-state index in [1.54, 1.807) is 24.8 Å². The first-order valence-corrected chi connectivity index (χ1v) is 11.2. The van der Waals surface area contributed by atoms with Crippen LogP contribution in [0.1, 0.15) is 0 Å². The first-order chi connectivity index (χ1) is 17.4. The molecule has 2 aliphatic rings. The van der Waals surface area contributed by atoms with Gasteiger partial charge in [-0.3, -0.25) is 0 Å². The van der Waals surface area contributed by atoms with Crippen LogP contribution >= 0.6 is 0 Å². The molecule has 2 aromatic heterocycles. The van der Waals surface area contributed by atoms with Crippen LogP contribution in [-0.4, -0.2) is 25.9 Å². The number of ether oxygens (including phenoxy) is 1. The van der Waals surface area contributed by atoms with E-state index in [9.17, 15) is 0 Å². The summed E-state index contributed by atoms with van der Waals surface area (Å²) in [6.07, 6.45) is 6.71. The van der Waals surface area contributed by atoms with Crippen molar-refractivity contribution in [2.45, 2.75) is 5.97 Å². The second kappa shape index (κ2) is 7.53. The van der Waals surface area contributed by atoms with E-state index >= 15 is 0 Å². The average molecular weight is 457 g/mol. The summed E-state index contributed by atoms with van der Waals surface area (Å²) in [5.74, 6) is 1.07. The fraction of sp³-hybridized carbons (Fsp3) is 0.0370. The summed E-state index contributed by atoms with van der Waals surface area (Å²) >= 11 is 0. The van der Waals surface area contributed by atoms with Gasteiger partial charge < -0.3 is 4.74 Å². The number of nitrogens with zero attached hydrogens (tertiary/aromatic N) is 7. The predicted octanol–water partition coefficient (Wildman–Crippen LogP) is 5.40. The Hall–Kier alpha value is -4.98. The molecule has 5 aromatic rings. The third kappa shape index (κ3) is 2.73. The quantitative estimate of drug-likeness (QED) is 0.357. The Morgan fingerprint density at radius 3 is 1.29 bits per heavy atom. The molecule has 0 saturated heterocycles. The highest BCUT2D eigenvalue weighted by Crippen LogP contribution is 2.58. The molecule has 7 rings (SSSR count). The third-order valence-corrected chi connectivity index (χ3v) is 6.09. The van der Waals surface area contributed by atoms with E-state index < -0.39 is 5.97 Å². The summed E-state index contributed by atoms with van der Waals surface area (Å²) in [7, 11) is 0. The van der Waals surface area contributed by atoms with Gasteiger partial charge in [0.25, 0.3) is 5.88 Å². The lowest BCUT2D eigenvalue weighted by Gasteiger charge is -2.45. The molecule has 2 aliphatic heterocycles. The number of benzene rings is 3. The van der Waals surface area contributed by atoms with E-state index in [1.807, 2.05) is 91.0 Å². The Bertz CT molecular complexity index is 1370. The number of anilines is 6. The molecule has 0 bridgehead atoms. The normalized spacial score (nSPS) is 15.1. The highest BCUT2D eigenvalue weighted by molar-refractivity contribution is 5.90. The summed E-state index contributed by atoms with van der Waals surface area (Å²) in [4.78, 5) is 25.0. The van der Waals surface area contributed by atoms with Gasteiger partial charge in [0.15, 0.2) is 11.6 Å². The van der Waals surface area contributed by atoms with Crippen LogP contribution < -0.4 is 19.4 Å². The number of para-hydroxylation sites is 3. The Morgan fingerprint density at radius 1 is 0.457 bits per heavy atom. The highest BCUT2D eigenvalue weighted by atomic mass is 16.6. The van der Waals surface area contributed by atoms with Crippen molar-refractivity contribution in [3.63, 3.8) is 0 Å². The van der Waals surface area contributed by atoms with Gasteiger partial charge >= 0.3 is 5.97 Å². The Labute approximate surface area is 201 Å². The molecule has 0 fully saturated rings. The molecule has 0 atom stereocenters. The van der Waals surface area contributed by atoms with Crippen molar-refractivity contribution in [2.24, 2.45) is 0 Å². The van der Waals surface area contributed by atoms with Gasteiger partial charge in [0.05, 0.1) is 17.1 Å². The molecule has 35 heavy (non-hydrogen) atoms. The maximum Gasteiger partial charge on any atom is 0.372 e. The van der Waals surface area contributed by atoms with Crippen LogP contribution in [0.15, 0.2) is 116 Å². The van der Waals surface area contributed by atoms with Gasteiger partial charge in [-0.1, -0.05) is 54.6 Å². The summed E-state index contributed by atoms with van der Waals surface area (Å²) in [6.45, 7) is 0. The van der Waals surface area contributed by atoms with Crippen LogP contribution in [0, 0.1) is 0 Å². The van der Waals surface area contributed by atoms with Crippen LogP contribution in [0.25, 0.3) is 0 Å². The monoisotopic (exact) mass is 457 g/mol. The Morgan fingerprint density at radius 2 is 0.829 bits per heavy atom. The molecule has 0 saturated carbocycles. The molecule has 4 heterocycles. The Kier molecular flexibility index (Phi) is 4.19. The Balaban J connectivity index is 1.59. The molecule has 0 aliphatic carbocycles. The molecule has 168 valence electrons. The number of hydrogen-bond donors (Lipinski definition) is 0. The predicted molar refractivity (Wildman–Crippen MR) is 133 cm³/mol. The van der Waals surface area contributed by atoms with Crippen molar-refractivity contribution in [2.75, 3.05) is 14.7 Å². The minimum Gasteiger partial charge on any atom is -0.410 e. The van der Waals surface area contributed by atoms with Crippen molar-refractivity contribution in [1.82, 2.24) is 19.9 Å². The minimum absolute atomic E-state index is 0.422. The SMILES string of the molecule is c1ccc(N2c3nccnc3OC23N(c2ccccc2)c2nccnc2N3c2ccccc2)cc1. The van der Waals surface area contributed by atoms with E-state index in [1.165, 1.54) is 0 Å². The van der Waals surface area contributed by atoms with Gasteiger partial charge in [-0.15, -0.1) is 0 Å². The van der Waals surface area contributed by atoms with Gasteiger partial charge in [-0.2, -0.15) is 0 Å². The molecule has 0 unspecified atom stereocenters. The molecule has 0 N–H and O–H groups in total. The number of aromatic nitrogens is 4. The number of rotatable bonds is 3. The van der Waals surface area contributed by atoms with Crippen molar-refractivity contribution in [1.29, 1.82) is 0 Å². The standard InChI is InChI=1S/C27H19N7O/c1-4-10-20(11-5-1)32-23-24(29-17-16-28-23)33(21-12-6-2-7-13-21)27(32)34(22-14-8-3-9-15-22)25-26(35-27)31-19-18-30-25/h1-19H. The molecule has 8 nitrogen and oxygen atoms in total. The first kappa shape index (κ1) is 19.5. The van der Waals surface area contributed by atoms with Crippen molar-refractivity contribution < 1.29 is 4.74 Å². The summed E-state index contributed by atoms with van der Waals surface area (Å²) < 4.78 is 6.86. The summed E-state index contributed by atoms with van der Waals surface area (Å²) in [6, 6.07) is 30.1. The van der Waals surface area contributed by atoms with Crippen LogP contribution in [0.3, 0.4) is 0 Å². The second-order valence-electron chi connectivity index (χ2n) is 8.08. The molecule has 0 radical (unpaired) electrons. The summed E-state index contributed by atoms with van der Waals surface area (Å²) in [5.41, 5.74) is 2.67. The average Bonchev–Trinajstić information content (AvgIpc) is 3.41. The van der Waals surface area contributed by atoms with Crippen LogP contribution in [-0.2, 0) is 0 Å². The maximum atomic E-state index is 6.86. The van der Waals surface area contributed by atoms with Crippen molar-refractivity contribution in [3.8, 4) is 5.88 Å². The fourth-order valence-electron chi connectivity index (χ4n) is 4.77. The van der Waals surface area contributed by atoms with Crippen LogP contribution in [0.4, 0.5) is 34.5 Å². The lowest BCUT2D eigenvalue weighted by atomic mass is 10.2. The molecule has 1 spiro atoms. The molecular weight excluding hydrogens is 438 g/mol. The summed E-state index contributed by atoms with van der Waals surface area (Å²) in [5, 5.41) is 0. The van der Waals surface area contributed by atoms with Gasteiger partial charge in [0.1, 0.15) is 0 Å². The third-order valence-electron chi connectivity index (χ3n) is 6.09. The second-order valence-corrected chi connectivity index (χ2v) is 8.08. The van der Waals surface area contributed by atoms with E-state index in [2.05, 4.69) is 19.7 Å². The van der Waals surface area contributed by atoms with E-state index in [4.69, 9.17) is 19.7 Å². The van der Waals surface area contributed by atoms with Crippen LogP contribution in [0.5, 0.6) is 5.88 Å². The van der Waals surface area contributed by atoms with Gasteiger partial charge in [-0.25, -0.2) is 34.6 Å². The van der Waals surface area contributed by atoms with E-state index in [0.29, 0.717) is 23.3 Å². The van der Waals surface area contributed by atoms with Gasteiger partial charge in [0, 0.05) is 24.8 Å². The topological polar surface area (TPSA) is 70.5 Å². The zero-order valence-corrected chi connectivity index (χ0v) is 18.5. The molecule has 3 aromatic carbocycles. The lowest BCUT2D eigenvalue weighted by molar-refractivity contribution is 0.114.